The van der Waals surface area contributed by atoms with E-state index < -0.39 is 0 Å². The molecule has 0 aliphatic carbocycles. The van der Waals surface area contributed by atoms with Crippen LogP contribution in [0.3, 0.4) is 0 Å². The van der Waals surface area contributed by atoms with Gasteiger partial charge in [0.2, 0.25) is 0 Å². The zero-order chi connectivity index (χ0) is 13.1. The maximum absolute atomic E-state index is 6.10. The number of alkyl halides is 2. The summed E-state index contributed by atoms with van der Waals surface area (Å²) in [5.41, 5.74) is 1.02. The van der Waals surface area contributed by atoms with Crippen molar-refractivity contribution >= 4 is 46.4 Å². The van der Waals surface area contributed by atoms with Crippen molar-refractivity contribution in [3.8, 4) is 0 Å². The Morgan fingerprint density at radius 1 is 1.06 bits per heavy atom. The smallest absolute Gasteiger partial charge is 0.0595 e. The normalized spacial score (nSPS) is 12.2. The Morgan fingerprint density at radius 2 is 1.65 bits per heavy atom. The molecule has 0 nitrogen and oxygen atoms in total. The van der Waals surface area contributed by atoms with Gasteiger partial charge in [0.15, 0.2) is 0 Å². The number of halogens is 4. The lowest BCUT2D eigenvalue weighted by molar-refractivity contribution is 0.259. The molecule has 0 bridgehead atoms. The highest BCUT2D eigenvalue weighted by atomic mass is 35.5. The minimum atomic E-state index is -0.0970. The first-order valence-corrected chi connectivity index (χ1v) is 7.33. The molecule has 0 amide bonds. The molecule has 1 aromatic carbocycles. The molecule has 0 aromatic heterocycles. The molecule has 0 N–H and O–H groups in total. The van der Waals surface area contributed by atoms with Crippen molar-refractivity contribution in [2.24, 2.45) is 11.3 Å². The minimum absolute atomic E-state index is 0.0970. The largest absolute Gasteiger partial charge is 0.126 e. The lowest BCUT2D eigenvalue weighted by Crippen LogP contribution is -2.34. The Balaban J connectivity index is 2.97. The summed E-state index contributed by atoms with van der Waals surface area (Å²) in [7, 11) is 0. The van der Waals surface area contributed by atoms with Crippen molar-refractivity contribution in [3.63, 3.8) is 0 Å². The highest BCUT2D eigenvalue weighted by Gasteiger charge is 2.32. The lowest BCUT2D eigenvalue weighted by Gasteiger charge is -2.34. The molecule has 4 heteroatoms. The van der Waals surface area contributed by atoms with Gasteiger partial charge in [-0.3, -0.25) is 0 Å². The highest BCUT2D eigenvalue weighted by molar-refractivity contribution is 6.42. The third-order valence-electron chi connectivity index (χ3n) is 3.30. The average Bonchev–Trinajstić information content (AvgIpc) is 2.30. The fourth-order valence-electron chi connectivity index (χ4n) is 1.70. The first kappa shape index (κ1) is 15.4. The van der Waals surface area contributed by atoms with Crippen LogP contribution in [-0.2, 0) is 6.42 Å². The van der Waals surface area contributed by atoms with Crippen molar-refractivity contribution in [2.45, 2.75) is 20.3 Å². The fraction of sp³-hybridized carbons (Fsp3) is 0.538. The SMILES string of the molecule is CC(C)C(CCl)(CCl)Cc1ccc(Cl)c(Cl)c1. The number of hydrogen-bond donors (Lipinski definition) is 0. The molecule has 0 aliphatic rings. The van der Waals surface area contributed by atoms with E-state index in [2.05, 4.69) is 13.8 Å². The van der Waals surface area contributed by atoms with Crippen LogP contribution in [-0.4, -0.2) is 11.8 Å². The Labute approximate surface area is 123 Å². The first-order valence-electron chi connectivity index (χ1n) is 5.51. The van der Waals surface area contributed by atoms with Crippen LogP contribution in [0.2, 0.25) is 10.0 Å². The summed E-state index contributed by atoms with van der Waals surface area (Å²) in [6, 6.07) is 5.68. The van der Waals surface area contributed by atoms with Crippen LogP contribution in [0.15, 0.2) is 18.2 Å². The van der Waals surface area contributed by atoms with Gasteiger partial charge >= 0.3 is 0 Å². The van der Waals surface area contributed by atoms with Crippen LogP contribution in [0.4, 0.5) is 0 Å². The summed E-state index contributed by atoms with van der Waals surface area (Å²) in [4.78, 5) is 0. The maximum atomic E-state index is 6.10. The number of benzene rings is 1. The minimum Gasteiger partial charge on any atom is -0.126 e. The van der Waals surface area contributed by atoms with Crippen molar-refractivity contribution in [1.29, 1.82) is 0 Å². The van der Waals surface area contributed by atoms with Crippen molar-refractivity contribution in [3.05, 3.63) is 33.8 Å². The molecule has 0 radical (unpaired) electrons. The van der Waals surface area contributed by atoms with E-state index in [0.717, 1.165) is 12.0 Å². The molecule has 1 rings (SSSR count). The second-order valence-electron chi connectivity index (χ2n) is 4.71. The van der Waals surface area contributed by atoms with Gasteiger partial charge in [-0.25, -0.2) is 0 Å². The zero-order valence-electron chi connectivity index (χ0n) is 9.94. The van der Waals surface area contributed by atoms with Crippen LogP contribution in [0.5, 0.6) is 0 Å². The van der Waals surface area contributed by atoms with Gasteiger partial charge in [-0.15, -0.1) is 23.2 Å². The molecule has 17 heavy (non-hydrogen) atoms. The van der Waals surface area contributed by atoms with Crippen molar-refractivity contribution < 1.29 is 0 Å². The van der Waals surface area contributed by atoms with Gasteiger partial charge in [0.05, 0.1) is 10.0 Å². The Hall–Kier alpha value is 0.380. The van der Waals surface area contributed by atoms with E-state index >= 15 is 0 Å². The monoisotopic (exact) mass is 312 g/mol. The van der Waals surface area contributed by atoms with E-state index in [1.807, 2.05) is 18.2 Å². The molecule has 1 aromatic rings. The van der Waals surface area contributed by atoms with Gasteiger partial charge in [0.25, 0.3) is 0 Å². The standard InChI is InChI=1S/C13H16Cl4/c1-9(2)13(7-14,8-15)6-10-3-4-11(16)12(17)5-10/h3-5,9H,6-8H2,1-2H3. The molecule has 0 heterocycles. The molecule has 0 unspecified atom stereocenters. The van der Waals surface area contributed by atoms with E-state index in [9.17, 15) is 0 Å². The van der Waals surface area contributed by atoms with Crippen molar-refractivity contribution in [2.75, 3.05) is 11.8 Å². The molecule has 0 spiro atoms. The Morgan fingerprint density at radius 3 is 2.06 bits per heavy atom. The van der Waals surface area contributed by atoms with E-state index in [-0.39, 0.29) is 5.41 Å². The fourth-order valence-corrected chi connectivity index (χ4v) is 3.11. The molecule has 96 valence electrons. The zero-order valence-corrected chi connectivity index (χ0v) is 13.0. The molecule has 0 aliphatic heterocycles. The lowest BCUT2D eigenvalue weighted by atomic mass is 9.76. The van der Waals surface area contributed by atoms with Gasteiger partial charge in [-0.05, 0) is 30.0 Å². The molecule has 0 saturated heterocycles. The van der Waals surface area contributed by atoms with Gasteiger partial charge in [0, 0.05) is 17.2 Å². The van der Waals surface area contributed by atoms with Crippen LogP contribution in [0.25, 0.3) is 0 Å². The van der Waals surface area contributed by atoms with Crippen molar-refractivity contribution in [1.82, 2.24) is 0 Å². The summed E-state index contributed by atoms with van der Waals surface area (Å²) in [6.45, 7) is 4.28. The quantitative estimate of drug-likeness (QED) is 0.616. The third kappa shape index (κ3) is 3.67. The molecule has 0 saturated carbocycles. The van der Waals surface area contributed by atoms with Crippen LogP contribution < -0.4 is 0 Å². The number of rotatable bonds is 5. The Bertz CT molecular complexity index is 370. The number of hydrogen-bond acceptors (Lipinski definition) is 0. The molecular weight excluding hydrogens is 298 g/mol. The predicted octanol–water partition coefficient (Wildman–Crippen LogP) is 5.66. The summed E-state index contributed by atoms with van der Waals surface area (Å²) < 4.78 is 0. The van der Waals surface area contributed by atoms with Crippen LogP contribution in [0.1, 0.15) is 19.4 Å². The molecule has 0 atom stereocenters. The second-order valence-corrected chi connectivity index (χ2v) is 6.06. The van der Waals surface area contributed by atoms with E-state index in [1.165, 1.54) is 0 Å². The molecular formula is C13H16Cl4. The van der Waals surface area contributed by atoms with Crippen LogP contribution >= 0.6 is 46.4 Å². The molecule has 0 fully saturated rings. The summed E-state index contributed by atoms with van der Waals surface area (Å²) in [6.07, 6.45) is 0.814. The Kier molecular flexibility index (Phi) is 5.92. The van der Waals surface area contributed by atoms with Gasteiger partial charge in [0.1, 0.15) is 0 Å². The van der Waals surface area contributed by atoms with E-state index in [4.69, 9.17) is 46.4 Å². The highest BCUT2D eigenvalue weighted by Crippen LogP contribution is 2.36. The summed E-state index contributed by atoms with van der Waals surface area (Å²) in [5.74, 6) is 1.48. The topological polar surface area (TPSA) is 0 Å². The van der Waals surface area contributed by atoms with E-state index in [0.29, 0.717) is 27.7 Å². The van der Waals surface area contributed by atoms with Crippen LogP contribution in [0, 0.1) is 11.3 Å². The summed E-state index contributed by atoms with van der Waals surface area (Å²) in [5, 5.41) is 1.15. The second kappa shape index (κ2) is 6.52. The van der Waals surface area contributed by atoms with Gasteiger partial charge < -0.3 is 0 Å². The van der Waals surface area contributed by atoms with Gasteiger partial charge in [-0.2, -0.15) is 0 Å². The average molecular weight is 314 g/mol. The summed E-state index contributed by atoms with van der Waals surface area (Å²) >= 11 is 24.1. The van der Waals surface area contributed by atoms with Gasteiger partial charge in [-0.1, -0.05) is 43.1 Å². The first-order chi connectivity index (χ1) is 7.95. The maximum Gasteiger partial charge on any atom is 0.0595 e. The predicted molar refractivity (Wildman–Crippen MR) is 78.9 cm³/mol. The third-order valence-corrected chi connectivity index (χ3v) is 5.10. The van der Waals surface area contributed by atoms with E-state index in [1.54, 1.807) is 0 Å².